The zero-order chi connectivity index (χ0) is 13.2. The summed E-state index contributed by atoms with van der Waals surface area (Å²) < 4.78 is 2.24. The molecule has 1 aromatic carbocycles. The van der Waals surface area contributed by atoms with E-state index in [2.05, 4.69) is 53.0 Å². The average Bonchev–Trinajstić information content (AvgIpc) is 2.82. The molecule has 0 saturated heterocycles. The van der Waals surface area contributed by atoms with Gasteiger partial charge in [0.05, 0.1) is 0 Å². The summed E-state index contributed by atoms with van der Waals surface area (Å²) in [7, 11) is 0. The molecule has 0 amide bonds. The van der Waals surface area contributed by atoms with E-state index in [0.29, 0.717) is 6.54 Å². The summed E-state index contributed by atoms with van der Waals surface area (Å²) >= 11 is 0. The van der Waals surface area contributed by atoms with Crippen molar-refractivity contribution in [2.75, 3.05) is 0 Å². The van der Waals surface area contributed by atoms with Crippen molar-refractivity contribution < 1.29 is 0 Å². The third kappa shape index (κ3) is 2.25. The van der Waals surface area contributed by atoms with Gasteiger partial charge in [-0.2, -0.15) is 0 Å². The highest BCUT2D eigenvalue weighted by Crippen LogP contribution is 2.21. The summed E-state index contributed by atoms with van der Waals surface area (Å²) in [4.78, 5) is 4.25. The highest BCUT2D eigenvalue weighted by Gasteiger charge is 2.05. The third-order valence-electron chi connectivity index (χ3n) is 3.41. The van der Waals surface area contributed by atoms with E-state index in [1.165, 1.54) is 27.6 Å². The molecule has 0 fully saturated rings. The molecular weight excluding hydrogens is 234 g/mol. The van der Waals surface area contributed by atoms with Crippen LogP contribution >= 0.6 is 0 Å². The van der Waals surface area contributed by atoms with Crippen molar-refractivity contribution in [1.82, 2.24) is 9.55 Å². The fraction of sp³-hybridized carbons (Fsp3) is 0.188. The zero-order valence-corrected chi connectivity index (χ0v) is 11.0. The number of rotatable bonds is 3. The Morgan fingerprint density at radius 1 is 1.21 bits per heavy atom. The molecule has 2 aromatic heterocycles. The molecule has 2 N–H and O–H groups in total. The molecule has 96 valence electrons. The highest BCUT2D eigenvalue weighted by molar-refractivity contribution is 5.83. The number of nitrogens with zero attached hydrogens (tertiary/aromatic N) is 2. The van der Waals surface area contributed by atoms with Crippen molar-refractivity contribution in [1.29, 1.82) is 0 Å². The number of pyridine rings is 1. The van der Waals surface area contributed by atoms with Gasteiger partial charge in [-0.1, -0.05) is 18.2 Å². The molecule has 0 aliphatic carbocycles. The van der Waals surface area contributed by atoms with Crippen molar-refractivity contribution in [3.05, 3.63) is 65.6 Å². The van der Waals surface area contributed by atoms with Gasteiger partial charge in [0.15, 0.2) is 0 Å². The maximum atomic E-state index is 5.78. The van der Waals surface area contributed by atoms with Gasteiger partial charge < -0.3 is 10.3 Å². The molecule has 19 heavy (non-hydrogen) atoms. The zero-order valence-electron chi connectivity index (χ0n) is 11.0. The van der Waals surface area contributed by atoms with Crippen molar-refractivity contribution in [2.45, 2.75) is 20.0 Å². The number of nitrogens with two attached hydrogens (primary N) is 1. The molecule has 2 heterocycles. The van der Waals surface area contributed by atoms with Gasteiger partial charge in [-0.3, -0.25) is 4.98 Å². The van der Waals surface area contributed by atoms with E-state index in [4.69, 9.17) is 5.73 Å². The number of aromatic nitrogens is 2. The molecule has 0 spiro atoms. The van der Waals surface area contributed by atoms with Crippen molar-refractivity contribution >= 4 is 10.9 Å². The molecule has 3 heteroatoms. The minimum Gasteiger partial charge on any atom is -0.343 e. The van der Waals surface area contributed by atoms with Crippen LogP contribution in [0.2, 0.25) is 0 Å². The van der Waals surface area contributed by atoms with E-state index >= 15 is 0 Å². The Balaban J connectivity index is 2.02. The number of benzene rings is 1. The predicted octanol–water partition coefficient (Wildman–Crippen LogP) is 2.85. The van der Waals surface area contributed by atoms with Crippen molar-refractivity contribution in [2.24, 2.45) is 5.73 Å². The van der Waals surface area contributed by atoms with Crippen LogP contribution in [0.3, 0.4) is 0 Å². The van der Waals surface area contributed by atoms with Crippen LogP contribution < -0.4 is 5.73 Å². The van der Waals surface area contributed by atoms with Crippen molar-refractivity contribution in [3.63, 3.8) is 0 Å². The Kier molecular flexibility index (Phi) is 3.05. The van der Waals surface area contributed by atoms with E-state index in [1.54, 1.807) is 0 Å². The van der Waals surface area contributed by atoms with E-state index in [1.807, 2.05) is 12.4 Å². The quantitative estimate of drug-likeness (QED) is 0.778. The van der Waals surface area contributed by atoms with Gasteiger partial charge in [0.2, 0.25) is 0 Å². The monoisotopic (exact) mass is 251 g/mol. The maximum Gasteiger partial charge on any atom is 0.0491 e. The molecule has 0 bridgehead atoms. The number of hydrogen-bond acceptors (Lipinski definition) is 2. The summed E-state index contributed by atoms with van der Waals surface area (Å²) in [6.07, 6.45) is 5.92. The van der Waals surface area contributed by atoms with Crippen LogP contribution in [0.4, 0.5) is 0 Å². The first-order valence-corrected chi connectivity index (χ1v) is 6.45. The van der Waals surface area contributed by atoms with E-state index in [-0.39, 0.29) is 0 Å². The van der Waals surface area contributed by atoms with Crippen LogP contribution in [0.5, 0.6) is 0 Å². The summed E-state index contributed by atoms with van der Waals surface area (Å²) in [5.41, 5.74) is 10.6. The summed E-state index contributed by atoms with van der Waals surface area (Å²) in [6.45, 7) is 3.48. The minimum atomic E-state index is 0.577. The second-order valence-electron chi connectivity index (χ2n) is 4.87. The van der Waals surface area contributed by atoms with Crippen LogP contribution in [0, 0.1) is 6.92 Å². The summed E-state index contributed by atoms with van der Waals surface area (Å²) in [6, 6.07) is 10.6. The molecule has 0 atom stereocenters. The van der Waals surface area contributed by atoms with E-state index in [0.717, 1.165) is 6.54 Å². The smallest absolute Gasteiger partial charge is 0.0491 e. The van der Waals surface area contributed by atoms with Crippen LogP contribution in [0.1, 0.15) is 16.7 Å². The molecule has 0 unspecified atom stereocenters. The Labute approximate surface area is 112 Å². The first-order chi connectivity index (χ1) is 9.28. The Morgan fingerprint density at radius 3 is 2.89 bits per heavy atom. The van der Waals surface area contributed by atoms with Gasteiger partial charge >= 0.3 is 0 Å². The second-order valence-corrected chi connectivity index (χ2v) is 4.87. The lowest BCUT2D eigenvalue weighted by Crippen LogP contribution is -2.00. The molecule has 3 rings (SSSR count). The molecule has 0 aliphatic rings. The third-order valence-corrected chi connectivity index (χ3v) is 3.41. The van der Waals surface area contributed by atoms with E-state index < -0.39 is 0 Å². The maximum absolute atomic E-state index is 5.78. The van der Waals surface area contributed by atoms with Crippen LogP contribution in [-0.2, 0) is 13.1 Å². The predicted molar refractivity (Wildman–Crippen MR) is 77.9 cm³/mol. The minimum absolute atomic E-state index is 0.577. The molecule has 3 aromatic rings. The topological polar surface area (TPSA) is 43.8 Å². The molecule has 0 aliphatic heterocycles. The second kappa shape index (κ2) is 4.86. The first-order valence-electron chi connectivity index (χ1n) is 6.45. The Morgan fingerprint density at radius 2 is 2.11 bits per heavy atom. The van der Waals surface area contributed by atoms with Crippen LogP contribution in [0.25, 0.3) is 10.9 Å². The van der Waals surface area contributed by atoms with Gasteiger partial charge in [0, 0.05) is 42.6 Å². The number of fused-ring (bicyclic) bond motifs is 1. The molecule has 0 radical (unpaired) electrons. The lowest BCUT2D eigenvalue weighted by Gasteiger charge is -2.07. The van der Waals surface area contributed by atoms with Crippen LogP contribution in [0.15, 0.2) is 48.9 Å². The Hall–Kier alpha value is -2.13. The first kappa shape index (κ1) is 11.9. The summed E-state index contributed by atoms with van der Waals surface area (Å²) in [5, 5.41) is 1.24. The van der Waals surface area contributed by atoms with E-state index in [9.17, 15) is 0 Å². The van der Waals surface area contributed by atoms with Crippen LogP contribution in [-0.4, -0.2) is 9.55 Å². The lowest BCUT2D eigenvalue weighted by molar-refractivity contribution is 0.830. The fourth-order valence-corrected chi connectivity index (χ4v) is 2.50. The standard InChI is InChI=1S/C16H17N3/c1-12-7-13(10-18-9-12)11-19-6-5-15-14(8-17)3-2-4-16(15)19/h2-7,9-10H,8,11,17H2,1H3. The molecule has 0 saturated carbocycles. The lowest BCUT2D eigenvalue weighted by atomic mass is 10.1. The van der Waals surface area contributed by atoms with Gasteiger partial charge in [-0.25, -0.2) is 0 Å². The normalized spacial score (nSPS) is 11.1. The molecule has 3 nitrogen and oxygen atoms in total. The SMILES string of the molecule is Cc1cncc(Cn2ccc3c(CN)cccc32)c1. The molecular formula is C16H17N3. The summed E-state index contributed by atoms with van der Waals surface area (Å²) in [5.74, 6) is 0. The van der Waals surface area contributed by atoms with Gasteiger partial charge in [0.1, 0.15) is 0 Å². The van der Waals surface area contributed by atoms with Crippen molar-refractivity contribution in [3.8, 4) is 0 Å². The highest BCUT2D eigenvalue weighted by atomic mass is 15.0. The number of hydrogen-bond donors (Lipinski definition) is 1. The Bertz CT molecular complexity index is 713. The largest absolute Gasteiger partial charge is 0.343 e. The average molecular weight is 251 g/mol. The van der Waals surface area contributed by atoms with Gasteiger partial charge in [-0.15, -0.1) is 0 Å². The van der Waals surface area contributed by atoms with Gasteiger partial charge in [-0.05, 0) is 35.7 Å². The fourth-order valence-electron chi connectivity index (χ4n) is 2.50. The number of aryl methyl sites for hydroxylation is 1. The van der Waals surface area contributed by atoms with Gasteiger partial charge in [0.25, 0.3) is 0 Å².